The first kappa shape index (κ1) is 19.7. The van der Waals surface area contributed by atoms with Crippen molar-refractivity contribution < 1.29 is 13.6 Å². The molecule has 0 aromatic heterocycles. The molecule has 0 amide bonds. The monoisotopic (exact) mass is 331 g/mol. The highest BCUT2D eigenvalue weighted by Crippen LogP contribution is 2.08. The van der Waals surface area contributed by atoms with Gasteiger partial charge in [-0.3, -0.25) is 9.79 Å². The highest BCUT2D eigenvalue weighted by Gasteiger charge is 1.97. The summed E-state index contributed by atoms with van der Waals surface area (Å²) in [4.78, 5) is 14.5. The Kier molecular flexibility index (Phi) is 7.96. The van der Waals surface area contributed by atoms with Crippen molar-refractivity contribution in [3.8, 4) is 0 Å². The summed E-state index contributed by atoms with van der Waals surface area (Å²) < 4.78 is 25.1. The first-order valence-corrected chi connectivity index (χ1v) is 7.80. The van der Waals surface area contributed by atoms with Gasteiger partial charge in [-0.25, -0.2) is 8.78 Å². The van der Waals surface area contributed by atoms with Crippen molar-refractivity contribution in [3.63, 3.8) is 0 Å². The van der Waals surface area contributed by atoms with Gasteiger partial charge in [-0.1, -0.05) is 19.9 Å². The van der Waals surface area contributed by atoms with E-state index in [4.69, 9.17) is 0 Å². The molecule has 0 bridgehead atoms. The van der Waals surface area contributed by atoms with Gasteiger partial charge in [-0.05, 0) is 66.8 Å². The summed E-state index contributed by atoms with van der Waals surface area (Å²) in [6, 6.07) is 8.83. The van der Waals surface area contributed by atoms with Crippen LogP contribution in [0, 0.1) is 31.4 Å². The first-order chi connectivity index (χ1) is 11.3. The molecular weight excluding hydrogens is 308 g/mol. The van der Waals surface area contributed by atoms with Gasteiger partial charge in [-0.2, -0.15) is 0 Å². The fraction of sp³-hybridized carbons (Fsp3) is 0.300. The van der Waals surface area contributed by atoms with E-state index < -0.39 is 0 Å². The van der Waals surface area contributed by atoms with Gasteiger partial charge in [0.2, 0.25) is 0 Å². The molecule has 2 nitrogen and oxygen atoms in total. The Labute approximate surface area is 142 Å². The Morgan fingerprint density at radius 1 is 0.958 bits per heavy atom. The lowest BCUT2D eigenvalue weighted by molar-refractivity contribution is 0.112. The van der Waals surface area contributed by atoms with E-state index in [1.165, 1.54) is 30.3 Å². The highest BCUT2D eigenvalue weighted by atomic mass is 19.1. The summed E-state index contributed by atoms with van der Waals surface area (Å²) in [5, 5.41) is 0. The van der Waals surface area contributed by atoms with Gasteiger partial charge in [0.05, 0.1) is 0 Å². The van der Waals surface area contributed by atoms with Crippen LogP contribution < -0.4 is 0 Å². The van der Waals surface area contributed by atoms with E-state index in [9.17, 15) is 13.6 Å². The highest BCUT2D eigenvalue weighted by molar-refractivity contribution is 5.81. The predicted octanol–water partition coefficient (Wildman–Crippen LogP) is 5.16. The molecule has 0 atom stereocenters. The number of carbonyl (C=O) groups excluding carboxylic acids is 1. The fourth-order valence-corrected chi connectivity index (χ4v) is 1.92. The van der Waals surface area contributed by atoms with Crippen molar-refractivity contribution in [1.29, 1.82) is 0 Å². The van der Waals surface area contributed by atoms with E-state index in [0.29, 0.717) is 17.0 Å². The summed E-state index contributed by atoms with van der Waals surface area (Å²) >= 11 is 0. The van der Waals surface area contributed by atoms with Crippen LogP contribution in [0.25, 0.3) is 0 Å². The van der Waals surface area contributed by atoms with Crippen molar-refractivity contribution >= 4 is 12.5 Å². The second-order valence-electron chi connectivity index (χ2n) is 6.01. The van der Waals surface area contributed by atoms with Gasteiger partial charge < -0.3 is 0 Å². The standard InChI is InChI=1S/C12H16FN.C8H7FO/c1-9(2)7-14-8-11-4-5-12(13)6-10(11)3;1-6-4-8(9)3-2-7(6)5-10/h4-6,8-9H,7H2,1-3H3;2-5H,1H3/b14-8-;. The van der Waals surface area contributed by atoms with Crippen LogP contribution in [0.2, 0.25) is 0 Å². The van der Waals surface area contributed by atoms with Gasteiger partial charge in [0, 0.05) is 18.3 Å². The molecule has 0 spiro atoms. The van der Waals surface area contributed by atoms with E-state index in [1.807, 2.05) is 13.1 Å². The Hall–Kier alpha value is -2.36. The third-order valence-electron chi connectivity index (χ3n) is 3.29. The Balaban J connectivity index is 0.000000254. The number of rotatable bonds is 4. The third kappa shape index (κ3) is 6.82. The Morgan fingerprint density at radius 3 is 1.88 bits per heavy atom. The number of nitrogens with zero attached hydrogens (tertiary/aromatic N) is 1. The zero-order chi connectivity index (χ0) is 18.1. The van der Waals surface area contributed by atoms with Crippen molar-refractivity contribution in [2.24, 2.45) is 10.9 Å². The second kappa shape index (κ2) is 9.71. The molecule has 0 heterocycles. The summed E-state index contributed by atoms with van der Waals surface area (Å²) in [5.41, 5.74) is 3.14. The van der Waals surface area contributed by atoms with Crippen LogP contribution in [0.1, 0.15) is 40.9 Å². The summed E-state index contributed by atoms with van der Waals surface area (Å²) in [5.74, 6) is 0.0682. The maximum atomic E-state index is 12.8. The average Bonchev–Trinajstić information content (AvgIpc) is 2.50. The maximum absolute atomic E-state index is 12.8. The number of hydrogen-bond acceptors (Lipinski definition) is 2. The quantitative estimate of drug-likeness (QED) is 0.562. The topological polar surface area (TPSA) is 29.4 Å². The second-order valence-corrected chi connectivity index (χ2v) is 6.01. The van der Waals surface area contributed by atoms with Gasteiger partial charge in [0.15, 0.2) is 0 Å². The van der Waals surface area contributed by atoms with Crippen LogP contribution >= 0.6 is 0 Å². The lowest BCUT2D eigenvalue weighted by atomic mass is 10.1. The van der Waals surface area contributed by atoms with E-state index in [-0.39, 0.29) is 11.6 Å². The number of aryl methyl sites for hydroxylation is 2. The summed E-state index contributed by atoms with van der Waals surface area (Å²) in [7, 11) is 0. The molecule has 0 unspecified atom stereocenters. The molecule has 2 rings (SSSR count). The van der Waals surface area contributed by atoms with Crippen molar-refractivity contribution in [3.05, 3.63) is 70.3 Å². The molecule has 0 radical (unpaired) electrons. The molecule has 2 aromatic rings. The molecule has 0 N–H and O–H groups in total. The van der Waals surface area contributed by atoms with Crippen LogP contribution in [0.3, 0.4) is 0 Å². The fourth-order valence-electron chi connectivity index (χ4n) is 1.92. The number of aldehydes is 1. The van der Waals surface area contributed by atoms with Gasteiger partial charge in [0.25, 0.3) is 0 Å². The van der Waals surface area contributed by atoms with Gasteiger partial charge in [-0.15, -0.1) is 0 Å². The van der Waals surface area contributed by atoms with Crippen LogP contribution in [0.15, 0.2) is 41.4 Å². The van der Waals surface area contributed by atoms with Gasteiger partial charge in [0.1, 0.15) is 17.9 Å². The SMILES string of the molecule is Cc1cc(F)ccc1/C=N\CC(C)C.Cc1cc(F)ccc1C=O. The van der Waals surface area contributed by atoms with Crippen molar-refractivity contribution in [2.45, 2.75) is 27.7 Å². The lowest BCUT2D eigenvalue weighted by Gasteiger charge is -2.00. The minimum absolute atomic E-state index is 0.191. The zero-order valence-electron chi connectivity index (χ0n) is 14.5. The Morgan fingerprint density at radius 2 is 1.46 bits per heavy atom. The molecule has 0 aliphatic heterocycles. The van der Waals surface area contributed by atoms with Crippen LogP contribution in [0.5, 0.6) is 0 Å². The van der Waals surface area contributed by atoms with Crippen molar-refractivity contribution in [2.75, 3.05) is 6.54 Å². The number of aliphatic imine (C=N–C) groups is 1. The van der Waals surface area contributed by atoms with Crippen molar-refractivity contribution in [1.82, 2.24) is 0 Å². The minimum Gasteiger partial charge on any atom is -0.298 e. The molecule has 0 aliphatic carbocycles. The largest absolute Gasteiger partial charge is 0.298 e. The number of benzene rings is 2. The average molecular weight is 331 g/mol. The molecule has 0 aliphatic rings. The zero-order valence-corrected chi connectivity index (χ0v) is 14.5. The van der Waals surface area contributed by atoms with Gasteiger partial charge >= 0.3 is 0 Å². The molecule has 24 heavy (non-hydrogen) atoms. The smallest absolute Gasteiger partial charge is 0.150 e. The normalized spacial score (nSPS) is 10.6. The summed E-state index contributed by atoms with van der Waals surface area (Å²) in [6.45, 7) is 8.65. The predicted molar refractivity (Wildman–Crippen MR) is 95.0 cm³/mol. The van der Waals surface area contributed by atoms with E-state index >= 15 is 0 Å². The third-order valence-corrected chi connectivity index (χ3v) is 3.29. The Bertz CT molecular complexity index is 709. The molecule has 4 heteroatoms. The summed E-state index contributed by atoms with van der Waals surface area (Å²) in [6.07, 6.45) is 2.53. The lowest BCUT2D eigenvalue weighted by Crippen LogP contribution is -1.94. The molecule has 0 fully saturated rings. The van der Waals surface area contributed by atoms with E-state index in [1.54, 1.807) is 13.0 Å². The van der Waals surface area contributed by atoms with Crippen LogP contribution in [0.4, 0.5) is 8.78 Å². The van der Waals surface area contributed by atoms with Crippen LogP contribution in [-0.2, 0) is 0 Å². The number of carbonyl (C=O) groups is 1. The maximum Gasteiger partial charge on any atom is 0.150 e. The van der Waals surface area contributed by atoms with Crippen LogP contribution in [-0.4, -0.2) is 19.0 Å². The van der Waals surface area contributed by atoms with E-state index in [0.717, 1.165) is 24.0 Å². The molecule has 0 saturated heterocycles. The minimum atomic E-state index is -0.303. The molecule has 0 saturated carbocycles. The van der Waals surface area contributed by atoms with E-state index in [2.05, 4.69) is 18.8 Å². The number of hydrogen-bond donors (Lipinski definition) is 0. The molecular formula is C20H23F2NO. The molecule has 128 valence electrons. The number of halogens is 2. The molecule has 2 aromatic carbocycles. The first-order valence-electron chi connectivity index (χ1n) is 7.80.